The maximum Gasteiger partial charge on any atom is 0.328 e. The molecule has 1 atom stereocenters. The highest BCUT2D eigenvalue weighted by Gasteiger charge is 2.26. The number of fused-ring (bicyclic) bond motifs is 1. The molecule has 0 aromatic carbocycles. The second-order valence-electron chi connectivity index (χ2n) is 7.48. The molecule has 2 aromatic heterocycles. The average molecular weight is 439 g/mol. The molecule has 1 fully saturated rings. The SMILES string of the molecule is COC(OC)c1ccc2c(n1)N(C(=O)Nc1cc(OCC3CCO3)c(C#N)cn1)CCC2. The minimum Gasteiger partial charge on any atom is -0.489 e. The van der Waals surface area contributed by atoms with E-state index in [-0.39, 0.29) is 18.0 Å². The summed E-state index contributed by atoms with van der Waals surface area (Å²) >= 11 is 0. The number of methoxy groups -OCH3 is 2. The minimum absolute atomic E-state index is 0.0286. The number of nitriles is 1. The van der Waals surface area contributed by atoms with E-state index in [0.717, 1.165) is 31.4 Å². The van der Waals surface area contributed by atoms with Crippen LogP contribution in [-0.2, 0) is 20.6 Å². The van der Waals surface area contributed by atoms with Crippen LogP contribution < -0.4 is 15.0 Å². The number of carbonyl (C=O) groups is 1. The summed E-state index contributed by atoms with van der Waals surface area (Å²) in [5, 5.41) is 12.1. The number of ether oxygens (including phenoxy) is 4. The van der Waals surface area contributed by atoms with Crippen LogP contribution in [0.1, 0.15) is 36.0 Å². The van der Waals surface area contributed by atoms with Crippen molar-refractivity contribution in [2.45, 2.75) is 31.7 Å². The number of hydrogen-bond donors (Lipinski definition) is 1. The van der Waals surface area contributed by atoms with Crippen molar-refractivity contribution in [2.75, 3.05) is 44.2 Å². The molecule has 0 radical (unpaired) electrons. The number of nitrogens with zero attached hydrogens (tertiary/aromatic N) is 4. The number of aryl methyl sites for hydroxylation is 1. The first kappa shape index (κ1) is 22.0. The van der Waals surface area contributed by atoms with Crippen molar-refractivity contribution in [2.24, 2.45) is 0 Å². The van der Waals surface area contributed by atoms with Crippen LogP contribution in [-0.4, -0.2) is 56.1 Å². The molecule has 1 saturated heterocycles. The van der Waals surface area contributed by atoms with Crippen LogP contribution in [0.15, 0.2) is 24.4 Å². The molecule has 2 aliphatic rings. The zero-order chi connectivity index (χ0) is 22.5. The molecule has 0 saturated carbocycles. The second-order valence-corrected chi connectivity index (χ2v) is 7.48. The van der Waals surface area contributed by atoms with Crippen LogP contribution >= 0.6 is 0 Å². The first-order valence-corrected chi connectivity index (χ1v) is 10.4. The fraction of sp³-hybridized carbons (Fsp3) is 0.455. The van der Waals surface area contributed by atoms with Gasteiger partial charge in [0.25, 0.3) is 0 Å². The molecule has 2 aliphatic heterocycles. The number of hydrogen-bond acceptors (Lipinski definition) is 8. The maximum atomic E-state index is 13.1. The number of rotatable bonds is 7. The Bertz CT molecular complexity index is 1020. The number of aromatic nitrogens is 2. The van der Waals surface area contributed by atoms with E-state index in [0.29, 0.717) is 36.0 Å². The fourth-order valence-corrected chi connectivity index (χ4v) is 3.61. The predicted molar refractivity (Wildman–Crippen MR) is 114 cm³/mol. The zero-order valence-electron chi connectivity index (χ0n) is 18.0. The van der Waals surface area contributed by atoms with E-state index in [4.69, 9.17) is 18.9 Å². The molecule has 1 N–H and O–H groups in total. The monoisotopic (exact) mass is 439 g/mol. The van der Waals surface area contributed by atoms with Gasteiger partial charge in [0.15, 0.2) is 0 Å². The van der Waals surface area contributed by atoms with Crippen LogP contribution in [0.2, 0.25) is 0 Å². The molecular weight excluding hydrogens is 414 g/mol. The lowest BCUT2D eigenvalue weighted by Gasteiger charge is -2.29. The number of nitrogens with one attached hydrogen (secondary N) is 1. The molecule has 168 valence electrons. The first-order chi connectivity index (χ1) is 15.6. The number of anilines is 2. The summed E-state index contributed by atoms with van der Waals surface area (Å²) in [6, 6.07) is 7.02. The van der Waals surface area contributed by atoms with Gasteiger partial charge in [-0.2, -0.15) is 5.26 Å². The van der Waals surface area contributed by atoms with Crippen LogP contribution in [0, 0.1) is 11.3 Å². The molecule has 10 heteroatoms. The van der Waals surface area contributed by atoms with Gasteiger partial charge < -0.3 is 18.9 Å². The maximum absolute atomic E-state index is 13.1. The third-order valence-electron chi connectivity index (χ3n) is 5.42. The van der Waals surface area contributed by atoms with Gasteiger partial charge in [-0.05, 0) is 24.5 Å². The van der Waals surface area contributed by atoms with E-state index >= 15 is 0 Å². The van der Waals surface area contributed by atoms with Gasteiger partial charge in [0.1, 0.15) is 35.6 Å². The van der Waals surface area contributed by atoms with Crippen molar-refractivity contribution >= 4 is 17.7 Å². The van der Waals surface area contributed by atoms with Crippen molar-refractivity contribution in [1.82, 2.24) is 9.97 Å². The molecule has 2 amide bonds. The molecular formula is C22H25N5O5. The molecule has 4 heterocycles. The van der Waals surface area contributed by atoms with Crippen molar-refractivity contribution in [3.05, 3.63) is 41.2 Å². The predicted octanol–water partition coefficient (Wildman–Crippen LogP) is 2.79. The van der Waals surface area contributed by atoms with Gasteiger partial charge in [0, 0.05) is 39.9 Å². The van der Waals surface area contributed by atoms with Gasteiger partial charge >= 0.3 is 6.03 Å². The highest BCUT2D eigenvalue weighted by atomic mass is 16.7. The number of urea groups is 1. The van der Waals surface area contributed by atoms with Gasteiger partial charge in [0.2, 0.25) is 6.29 Å². The van der Waals surface area contributed by atoms with Crippen molar-refractivity contribution in [3.63, 3.8) is 0 Å². The Kier molecular flexibility index (Phi) is 6.80. The molecule has 32 heavy (non-hydrogen) atoms. The largest absolute Gasteiger partial charge is 0.489 e. The molecule has 2 aromatic rings. The second kappa shape index (κ2) is 9.91. The third kappa shape index (κ3) is 4.65. The fourth-order valence-electron chi connectivity index (χ4n) is 3.61. The zero-order valence-corrected chi connectivity index (χ0v) is 18.0. The summed E-state index contributed by atoms with van der Waals surface area (Å²) in [6.07, 6.45) is 3.36. The van der Waals surface area contributed by atoms with Crippen molar-refractivity contribution in [1.29, 1.82) is 5.26 Å². The van der Waals surface area contributed by atoms with Crippen molar-refractivity contribution in [3.8, 4) is 11.8 Å². The summed E-state index contributed by atoms with van der Waals surface area (Å²) in [5.41, 5.74) is 1.85. The summed E-state index contributed by atoms with van der Waals surface area (Å²) in [7, 11) is 3.07. The van der Waals surface area contributed by atoms with E-state index in [1.54, 1.807) is 11.0 Å². The van der Waals surface area contributed by atoms with E-state index in [1.165, 1.54) is 20.4 Å². The molecule has 0 spiro atoms. The summed E-state index contributed by atoms with van der Waals surface area (Å²) < 4.78 is 21.7. The average Bonchev–Trinajstić information content (AvgIpc) is 2.78. The van der Waals surface area contributed by atoms with E-state index in [2.05, 4.69) is 21.4 Å². The van der Waals surface area contributed by atoms with Gasteiger partial charge in [-0.3, -0.25) is 10.2 Å². The standard InChI is InChI=1S/C22H25N5O5/c1-29-21(30-2)17-6-5-14-4-3-8-27(20(14)25-17)22(28)26-19-10-18(15(11-23)12-24-19)32-13-16-7-9-31-16/h5-6,10,12,16,21H,3-4,7-9,13H2,1-2H3,(H,24,26,28). The van der Waals surface area contributed by atoms with Crippen LogP contribution in [0.3, 0.4) is 0 Å². The van der Waals surface area contributed by atoms with Gasteiger partial charge in [-0.25, -0.2) is 14.8 Å². The Morgan fingerprint density at radius 1 is 1.41 bits per heavy atom. The van der Waals surface area contributed by atoms with Crippen LogP contribution in [0.25, 0.3) is 0 Å². The number of amides is 2. The minimum atomic E-state index is -0.619. The van der Waals surface area contributed by atoms with E-state index in [1.807, 2.05) is 12.1 Å². The Morgan fingerprint density at radius 2 is 2.22 bits per heavy atom. The highest BCUT2D eigenvalue weighted by molar-refractivity contribution is 6.01. The van der Waals surface area contributed by atoms with Crippen LogP contribution in [0.5, 0.6) is 5.75 Å². The van der Waals surface area contributed by atoms with Gasteiger partial charge in [-0.1, -0.05) is 6.07 Å². The summed E-state index contributed by atoms with van der Waals surface area (Å²) in [4.78, 5) is 23.5. The highest BCUT2D eigenvalue weighted by Crippen LogP contribution is 2.29. The summed E-state index contributed by atoms with van der Waals surface area (Å²) in [6.45, 7) is 1.58. The summed E-state index contributed by atoms with van der Waals surface area (Å²) in [5.74, 6) is 1.21. The number of carbonyl (C=O) groups excluding carboxylic acids is 1. The smallest absolute Gasteiger partial charge is 0.328 e. The lowest BCUT2D eigenvalue weighted by atomic mass is 10.1. The Labute approximate surface area is 186 Å². The Balaban J connectivity index is 1.52. The third-order valence-corrected chi connectivity index (χ3v) is 5.42. The topological polar surface area (TPSA) is 119 Å². The normalized spacial score (nSPS) is 17.3. The molecule has 10 nitrogen and oxygen atoms in total. The van der Waals surface area contributed by atoms with E-state index < -0.39 is 6.29 Å². The Morgan fingerprint density at radius 3 is 2.91 bits per heavy atom. The lowest BCUT2D eigenvalue weighted by Crippen LogP contribution is -2.39. The van der Waals surface area contributed by atoms with Crippen molar-refractivity contribution < 1.29 is 23.7 Å². The van der Waals surface area contributed by atoms with Gasteiger partial charge in [-0.15, -0.1) is 0 Å². The quantitative estimate of drug-likeness (QED) is 0.654. The molecule has 0 aliphatic carbocycles. The Hall–Kier alpha value is -3.26. The lowest BCUT2D eigenvalue weighted by molar-refractivity contribution is -0.108. The molecule has 0 bridgehead atoms. The van der Waals surface area contributed by atoms with Gasteiger partial charge in [0.05, 0.1) is 18.0 Å². The molecule has 4 rings (SSSR count). The van der Waals surface area contributed by atoms with Crippen LogP contribution in [0.4, 0.5) is 16.4 Å². The number of pyridine rings is 2. The van der Waals surface area contributed by atoms with E-state index in [9.17, 15) is 10.1 Å². The first-order valence-electron chi connectivity index (χ1n) is 10.4. The molecule has 1 unspecified atom stereocenters.